The van der Waals surface area contributed by atoms with Crippen LogP contribution >= 0.6 is 11.8 Å². The Morgan fingerprint density at radius 2 is 1.74 bits per heavy atom. The molecule has 1 N–H and O–H groups in total. The molecule has 2 aromatic carbocycles. The number of thioether (sulfide) groups is 1. The van der Waals surface area contributed by atoms with Crippen LogP contribution in [0.4, 0.5) is 4.79 Å². The zero-order chi connectivity index (χ0) is 25.4. The van der Waals surface area contributed by atoms with E-state index in [1.54, 1.807) is 42.5 Å². The number of imide groups is 1. The van der Waals surface area contributed by atoms with Crippen molar-refractivity contribution in [2.45, 2.75) is 0 Å². The van der Waals surface area contributed by atoms with E-state index in [-0.39, 0.29) is 24.6 Å². The lowest BCUT2D eigenvalue weighted by Gasteiger charge is -2.14. The van der Waals surface area contributed by atoms with Crippen molar-refractivity contribution >= 4 is 34.9 Å². The first kappa shape index (κ1) is 25.5. The molecule has 0 atom stereocenters. The fraction of sp³-hybridized carbons (Fsp3) is 0.250. The van der Waals surface area contributed by atoms with Crippen LogP contribution in [0, 0.1) is 11.3 Å². The van der Waals surface area contributed by atoms with Crippen LogP contribution in [-0.2, 0) is 9.59 Å². The molecule has 0 spiro atoms. The van der Waals surface area contributed by atoms with Gasteiger partial charge >= 0.3 is 0 Å². The predicted octanol–water partition coefficient (Wildman–Crippen LogP) is 2.82. The highest BCUT2D eigenvalue weighted by Crippen LogP contribution is 2.40. The lowest BCUT2D eigenvalue weighted by Crippen LogP contribution is -2.38. The Bertz CT molecular complexity index is 1160. The number of methoxy groups -OCH3 is 3. The molecule has 0 saturated carbocycles. The summed E-state index contributed by atoms with van der Waals surface area (Å²) in [7, 11) is 4.46. The normalized spacial score (nSPS) is 14.0. The number of hydrogen-bond donors (Lipinski definition) is 1. The maximum absolute atomic E-state index is 12.8. The van der Waals surface area contributed by atoms with Crippen LogP contribution in [0.15, 0.2) is 41.3 Å². The van der Waals surface area contributed by atoms with Gasteiger partial charge in [0.2, 0.25) is 5.75 Å². The highest BCUT2D eigenvalue weighted by molar-refractivity contribution is 8.18. The molecular formula is C24H23N3O7S. The number of benzene rings is 2. The number of nitriles is 1. The summed E-state index contributed by atoms with van der Waals surface area (Å²) in [5.74, 6) is 0.832. The van der Waals surface area contributed by atoms with Gasteiger partial charge in [-0.15, -0.1) is 0 Å². The van der Waals surface area contributed by atoms with Crippen LogP contribution in [0.5, 0.6) is 23.0 Å². The molecule has 10 nitrogen and oxygen atoms in total. The summed E-state index contributed by atoms with van der Waals surface area (Å²) < 4.78 is 21.3. The minimum absolute atomic E-state index is 0.0138. The van der Waals surface area contributed by atoms with Gasteiger partial charge in [-0.3, -0.25) is 19.3 Å². The Hall–Kier alpha value is -4.17. The van der Waals surface area contributed by atoms with Crippen molar-refractivity contribution in [2.75, 3.05) is 41.0 Å². The third-order valence-electron chi connectivity index (χ3n) is 4.87. The van der Waals surface area contributed by atoms with Crippen molar-refractivity contribution in [1.82, 2.24) is 10.2 Å². The average Bonchev–Trinajstić information content (AvgIpc) is 3.14. The Morgan fingerprint density at radius 1 is 1.09 bits per heavy atom. The maximum Gasteiger partial charge on any atom is 0.293 e. The van der Waals surface area contributed by atoms with Gasteiger partial charge in [-0.25, -0.2) is 0 Å². The first-order valence-electron chi connectivity index (χ1n) is 10.3. The topological polar surface area (TPSA) is 127 Å². The first-order chi connectivity index (χ1) is 16.9. The monoisotopic (exact) mass is 497 g/mol. The van der Waals surface area contributed by atoms with Gasteiger partial charge in [0.25, 0.3) is 17.1 Å². The fourth-order valence-corrected chi connectivity index (χ4v) is 4.03. The van der Waals surface area contributed by atoms with Gasteiger partial charge in [-0.1, -0.05) is 0 Å². The van der Waals surface area contributed by atoms with Crippen LogP contribution in [-0.4, -0.2) is 63.0 Å². The second-order valence-electron chi connectivity index (χ2n) is 7.07. The summed E-state index contributed by atoms with van der Waals surface area (Å²) >= 11 is 0.808. The van der Waals surface area contributed by atoms with Crippen molar-refractivity contribution in [1.29, 1.82) is 5.26 Å². The summed E-state index contributed by atoms with van der Waals surface area (Å²) in [4.78, 5) is 38.5. The van der Waals surface area contributed by atoms with E-state index in [1.165, 1.54) is 21.3 Å². The zero-order valence-electron chi connectivity index (χ0n) is 19.3. The fourth-order valence-electron chi connectivity index (χ4n) is 3.16. The van der Waals surface area contributed by atoms with E-state index >= 15 is 0 Å². The molecule has 182 valence electrons. The summed E-state index contributed by atoms with van der Waals surface area (Å²) in [5.41, 5.74) is 1.08. The van der Waals surface area contributed by atoms with Crippen LogP contribution in [0.3, 0.4) is 0 Å². The van der Waals surface area contributed by atoms with E-state index in [2.05, 4.69) is 5.32 Å². The number of nitrogens with one attached hydrogen (secondary N) is 1. The Morgan fingerprint density at radius 3 is 2.31 bits per heavy atom. The minimum Gasteiger partial charge on any atom is -0.493 e. The number of carbonyl (C=O) groups excluding carboxylic acids is 3. The Kier molecular flexibility index (Phi) is 8.58. The quantitative estimate of drug-likeness (QED) is 0.493. The second kappa shape index (κ2) is 11.8. The van der Waals surface area contributed by atoms with Crippen LogP contribution < -0.4 is 24.3 Å². The molecule has 1 aliphatic heterocycles. The molecule has 0 aliphatic carbocycles. The molecule has 2 aromatic rings. The van der Waals surface area contributed by atoms with Crippen molar-refractivity contribution in [2.24, 2.45) is 0 Å². The molecule has 11 heteroatoms. The van der Waals surface area contributed by atoms with Gasteiger partial charge in [0.05, 0.1) is 37.9 Å². The maximum atomic E-state index is 12.8. The zero-order valence-corrected chi connectivity index (χ0v) is 20.1. The third kappa shape index (κ3) is 6.24. The van der Waals surface area contributed by atoms with Gasteiger partial charge in [0.1, 0.15) is 5.75 Å². The van der Waals surface area contributed by atoms with Gasteiger partial charge in [-0.2, -0.15) is 5.26 Å². The van der Waals surface area contributed by atoms with Gasteiger partial charge in [0, 0.05) is 13.1 Å². The van der Waals surface area contributed by atoms with E-state index in [0.29, 0.717) is 34.1 Å². The van der Waals surface area contributed by atoms with E-state index in [0.717, 1.165) is 16.7 Å². The minimum atomic E-state index is -0.461. The molecule has 1 heterocycles. The number of nitrogens with zero attached hydrogens (tertiary/aromatic N) is 2. The molecule has 1 saturated heterocycles. The lowest BCUT2D eigenvalue weighted by atomic mass is 10.1. The standard InChI is InChI=1S/C24H23N3O7S/c1-31-18-10-16(11-19(32-2)22(18)33-3)12-20-23(29)27(24(30)35-20)9-8-26-21(28)14-34-17-6-4-15(13-25)5-7-17/h4-7,10-12H,8-9,14H2,1-3H3,(H,26,28)/b20-12-. The van der Waals surface area contributed by atoms with Crippen molar-refractivity contribution < 1.29 is 33.3 Å². The molecule has 3 rings (SSSR count). The van der Waals surface area contributed by atoms with Crippen molar-refractivity contribution in [3.63, 3.8) is 0 Å². The van der Waals surface area contributed by atoms with Crippen molar-refractivity contribution in [3.05, 3.63) is 52.4 Å². The molecule has 1 fully saturated rings. The number of hydrogen-bond acceptors (Lipinski definition) is 9. The lowest BCUT2D eigenvalue weighted by molar-refractivity contribution is -0.125. The molecule has 0 radical (unpaired) electrons. The molecule has 0 unspecified atom stereocenters. The first-order valence-corrected chi connectivity index (χ1v) is 11.2. The number of carbonyl (C=O) groups is 3. The third-order valence-corrected chi connectivity index (χ3v) is 5.78. The van der Waals surface area contributed by atoms with Crippen molar-refractivity contribution in [3.8, 4) is 29.1 Å². The summed E-state index contributed by atoms with van der Waals surface area (Å²) in [5, 5.41) is 11.0. The highest BCUT2D eigenvalue weighted by atomic mass is 32.2. The summed E-state index contributed by atoms with van der Waals surface area (Å²) in [6.45, 7) is -0.153. The molecule has 35 heavy (non-hydrogen) atoms. The van der Waals surface area contributed by atoms with Gasteiger partial charge < -0.3 is 24.3 Å². The summed E-state index contributed by atoms with van der Waals surface area (Å²) in [6, 6.07) is 11.7. The van der Waals surface area contributed by atoms with Gasteiger partial charge in [0.15, 0.2) is 18.1 Å². The van der Waals surface area contributed by atoms with E-state index in [4.69, 9.17) is 24.2 Å². The molecule has 3 amide bonds. The van der Waals surface area contributed by atoms with Crippen LogP contribution in [0.2, 0.25) is 0 Å². The largest absolute Gasteiger partial charge is 0.493 e. The molecule has 0 aromatic heterocycles. The predicted molar refractivity (Wildman–Crippen MR) is 128 cm³/mol. The Labute approximate surface area is 206 Å². The van der Waals surface area contributed by atoms with E-state index in [9.17, 15) is 14.4 Å². The van der Waals surface area contributed by atoms with Gasteiger partial charge in [-0.05, 0) is 59.8 Å². The number of amides is 3. The van der Waals surface area contributed by atoms with E-state index in [1.807, 2.05) is 6.07 Å². The number of rotatable bonds is 10. The SMILES string of the molecule is COc1cc(/C=C2\SC(=O)N(CCNC(=O)COc3ccc(C#N)cc3)C2=O)cc(OC)c1OC. The van der Waals surface area contributed by atoms with Crippen LogP contribution in [0.1, 0.15) is 11.1 Å². The smallest absolute Gasteiger partial charge is 0.293 e. The summed E-state index contributed by atoms with van der Waals surface area (Å²) in [6.07, 6.45) is 1.57. The molecule has 1 aliphatic rings. The van der Waals surface area contributed by atoms with Crippen LogP contribution in [0.25, 0.3) is 6.08 Å². The Balaban J connectivity index is 1.56. The molecule has 0 bridgehead atoms. The highest BCUT2D eigenvalue weighted by Gasteiger charge is 2.34. The number of ether oxygens (including phenoxy) is 4. The molecular weight excluding hydrogens is 474 g/mol. The van der Waals surface area contributed by atoms with E-state index < -0.39 is 17.1 Å². The average molecular weight is 498 g/mol. The second-order valence-corrected chi connectivity index (χ2v) is 8.06.